The summed E-state index contributed by atoms with van der Waals surface area (Å²) in [7, 11) is 2.34. The summed E-state index contributed by atoms with van der Waals surface area (Å²) in [5.41, 5.74) is 0.423. The van der Waals surface area contributed by atoms with E-state index in [0.717, 1.165) is 26.3 Å². The molecule has 0 aromatic heterocycles. The zero-order chi connectivity index (χ0) is 14.5. The highest BCUT2D eigenvalue weighted by molar-refractivity contribution is 4.97. The van der Waals surface area contributed by atoms with Crippen LogP contribution in [0.4, 0.5) is 0 Å². The Morgan fingerprint density at radius 2 is 1.67 bits per heavy atom. The lowest BCUT2D eigenvalue weighted by atomic mass is 9.86. The van der Waals surface area contributed by atoms with Crippen LogP contribution >= 0.6 is 0 Å². The van der Waals surface area contributed by atoms with Gasteiger partial charge in [-0.3, -0.25) is 9.80 Å². The summed E-state index contributed by atoms with van der Waals surface area (Å²) in [4.78, 5) is 7.94. The molecule has 3 heterocycles. The summed E-state index contributed by atoms with van der Waals surface area (Å²) in [6.07, 6.45) is 3.92. The Morgan fingerprint density at radius 1 is 0.952 bits per heavy atom. The van der Waals surface area contributed by atoms with Gasteiger partial charge in [0.1, 0.15) is 0 Å². The van der Waals surface area contributed by atoms with E-state index in [1.807, 2.05) is 0 Å². The monoisotopic (exact) mass is 296 g/mol. The lowest BCUT2D eigenvalue weighted by molar-refractivity contribution is 0.0275. The maximum absolute atomic E-state index is 5.45. The number of rotatable bonds is 3. The molecule has 0 aromatic rings. The maximum atomic E-state index is 5.45. The number of nitrogens with zero attached hydrogens (tertiary/aromatic N) is 3. The minimum absolute atomic E-state index is 0.423. The predicted molar refractivity (Wildman–Crippen MR) is 85.8 cm³/mol. The SMILES string of the molecule is CN1CCCN(CCN2CCOCC2)CC12CCNCC2. The van der Waals surface area contributed by atoms with Gasteiger partial charge in [0.05, 0.1) is 13.2 Å². The van der Waals surface area contributed by atoms with Gasteiger partial charge in [-0.1, -0.05) is 0 Å². The summed E-state index contributed by atoms with van der Waals surface area (Å²) in [5, 5.41) is 3.53. The Hall–Kier alpha value is -0.200. The summed E-state index contributed by atoms with van der Waals surface area (Å²) in [6.45, 7) is 12.6. The van der Waals surface area contributed by atoms with Crippen molar-refractivity contribution in [2.45, 2.75) is 24.8 Å². The largest absolute Gasteiger partial charge is 0.379 e. The van der Waals surface area contributed by atoms with E-state index in [1.165, 1.54) is 65.1 Å². The fourth-order valence-corrected chi connectivity index (χ4v) is 4.12. The van der Waals surface area contributed by atoms with Crippen molar-refractivity contribution in [3.63, 3.8) is 0 Å². The molecule has 3 saturated heterocycles. The highest BCUT2D eigenvalue weighted by Gasteiger charge is 2.38. The molecule has 5 nitrogen and oxygen atoms in total. The van der Waals surface area contributed by atoms with Crippen LogP contribution in [0.1, 0.15) is 19.3 Å². The third-order valence-electron chi connectivity index (χ3n) is 5.67. The summed E-state index contributed by atoms with van der Waals surface area (Å²) >= 11 is 0. The Kier molecular flexibility index (Phi) is 5.51. The molecule has 0 aliphatic carbocycles. The number of hydrogen-bond donors (Lipinski definition) is 1. The highest BCUT2D eigenvalue weighted by atomic mass is 16.5. The van der Waals surface area contributed by atoms with Crippen molar-refractivity contribution in [2.75, 3.05) is 79.2 Å². The van der Waals surface area contributed by atoms with Crippen LogP contribution in [-0.4, -0.2) is 99.4 Å². The highest BCUT2D eigenvalue weighted by Crippen LogP contribution is 2.28. The fraction of sp³-hybridized carbons (Fsp3) is 1.00. The molecule has 0 unspecified atom stereocenters. The second kappa shape index (κ2) is 7.38. The standard InChI is InChI=1S/C16H32N4O/c1-18-7-2-8-20(10-9-19-11-13-21-14-12-19)15-16(18)3-5-17-6-4-16/h17H,2-15H2,1H3. The van der Waals surface area contributed by atoms with Gasteiger partial charge in [0, 0.05) is 38.3 Å². The molecule has 3 rings (SSSR count). The van der Waals surface area contributed by atoms with E-state index >= 15 is 0 Å². The average molecular weight is 296 g/mol. The van der Waals surface area contributed by atoms with Gasteiger partial charge in [-0.25, -0.2) is 0 Å². The smallest absolute Gasteiger partial charge is 0.0594 e. The van der Waals surface area contributed by atoms with Crippen molar-refractivity contribution in [3.05, 3.63) is 0 Å². The van der Waals surface area contributed by atoms with Crippen LogP contribution in [0, 0.1) is 0 Å². The quantitative estimate of drug-likeness (QED) is 0.797. The van der Waals surface area contributed by atoms with Gasteiger partial charge in [0.25, 0.3) is 0 Å². The normalized spacial score (nSPS) is 29.6. The van der Waals surface area contributed by atoms with Crippen molar-refractivity contribution in [1.29, 1.82) is 0 Å². The molecular formula is C16H32N4O. The number of likely N-dealkylation sites (N-methyl/N-ethyl adjacent to an activating group) is 1. The third kappa shape index (κ3) is 3.96. The number of piperidine rings is 1. The Balaban J connectivity index is 1.54. The topological polar surface area (TPSA) is 31.0 Å². The minimum atomic E-state index is 0.423. The Bertz CT molecular complexity index is 313. The second-order valence-electron chi connectivity index (χ2n) is 6.98. The van der Waals surface area contributed by atoms with E-state index in [0.29, 0.717) is 5.54 Å². The minimum Gasteiger partial charge on any atom is -0.379 e. The lowest BCUT2D eigenvalue weighted by Gasteiger charge is -2.45. The first-order valence-electron chi connectivity index (χ1n) is 8.73. The first kappa shape index (κ1) is 15.7. The molecule has 0 saturated carbocycles. The molecule has 3 aliphatic heterocycles. The van der Waals surface area contributed by atoms with Gasteiger partial charge < -0.3 is 15.0 Å². The predicted octanol–water partition coefficient (Wildman–Crippen LogP) is 0.0783. The van der Waals surface area contributed by atoms with Crippen molar-refractivity contribution in [2.24, 2.45) is 0 Å². The molecule has 3 aliphatic rings. The maximum Gasteiger partial charge on any atom is 0.0594 e. The van der Waals surface area contributed by atoms with Crippen molar-refractivity contribution in [3.8, 4) is 0 Å². The molecule has 3 fully saturated rings. The third-order valence-corrected chi connectivity index (χ3v) is 5.67. The van der Waals surface area contributed by atoms with Crippen LogP contribution in [0.3, 0.4) is 0 Å². The van der Waals surface area contributed by atoms with E-state index in [-0.39, 0.29) is 0 Å². The van der Waals surface area contributed by atoms with Gasteiger partial charge >= 0.3 is 0 Å². The van der Waals surface area contributed by atoms with E-state index in [9.17, 15) is 0 Å². The molecule has 21 heavy (non-hydrogen) atoms. The lowest BCUT2D eigenvalue weighted by Crippen LogP contribution is -2.58. The first-order valence-corrected chi connectivity index (χ1v) is 8.73. The van der Waals surface area contributed by atoms with Crippen molar-refractivity contribution >= 4 is 0 Å². The molecule has 5 heteroatoms. The molecule has 0 aromatic carbocycles. The summed E-state index contributed by atoms with van der Waals surface area (Å²) in [5.74, 6) is 0. The summed E-state index contributed by atoms with van der Waals surface area (Å²) in [6, 6.07) is 0. The van der Waals surface area contributed by atoms with Crippen molar-refractivity contribution < 1.29 is 4.74 Å². The zero-order valence-corrected chi connectivity index (χ0v) is 13.6. The summed E-state index contributed by atoms with van der Waals surface area (Å²) < 4.78 is 5.45. The van der Waals surface area contributed by atoms with E-state index < -0.39 is 0 Å². The molecule has 0 amide bonds. The van der Waals surface area contributed by atoms with Gasteiger partial charge in [-0.15, -0.1) is 0 Å². The number of ether oxygens (including phenoxy) is 1. The number of hydrogen-bond acceptors (Lipinski definition) is 5. The van der Waals surface area contributed by atoms with Gasteiger partial charge in [-0.05, 0) is 52.5 Å². The van der Waals surface area contributed by atoms with Crippen LogP contribution in [0.25, 0.3) is 0 Å². The first-order chi connectivity index (χ1) is 10.3. The molecule has 1 spiro atoms. The van der Waals surface area contributed by atoms with Gasteiger partial charge in [0.15, 0.2) is 0 Å². The van der Waals surface area contributed by atoms with Crippen LogP contribution in [0.2, 0.25) is 0 Å². The van der Waals surface area contributed by atoms with E-state index in [4.69, 9.17) is 4.74 Å². The molecule has 0 atom stereocenters. The van der Waals surface area contributed by atoms with Crippen LogP contribution in [0.5, 0.6) is 0 Å². The van der Waals surface area contributed by atoms with Crippen molar-refractivity contribution in [1.82, 2.24) is 20.0 Å². The fourth-order valence-electron chi connectivity index (χ4n) is 4.12. The Morgan fingerprint density at radius 3 is 2.43 bits per heavy atom. The molecule has 0 bridgehead atoms. The number of nitrogens with one attached hydrogen (secondary N) is 1. The van der Waals surface area contributed by atoms with Crippen LogP contribution < -0.4 is 5.32 Å². The molecular weight excluding hydrogens is 264 g/mol. The average Bonchev–Trinajstić information content (AvgIpc) is 2.67. The molecule has 0 radical (unpaired) electrons. The van der Waals surface area contributed by atoms with E-state index in [2.05, 4.69) is 27.1 Å². The second-order valence-corrected chi connectivity index (χ2v) is 6.98. The Labute approximate surface area is 129 Å². The zero-order valence-electron chi connectivity index (χ0n) is 13.6. The van der Waals surface area contributed by atoms with Crippen LogP contribution in [0.15, 0.2) is 0 Å². The van der Waals surface area contributed by atoms with Gasteiger partial charge in [0.2, 0.25) is 0 Å². The molecule has 1 N–H and O–H groups in total. The van der Waals surface area contributed by atoms with Crippen LogP contribution in [-0.2, 0) is 4.74 Å². The van der Waals surface area contributed by atoms with Gasteiger partial charge in [-0.2, -0.15) is 0 Å². The number of morpholine rings is 1. The van der Waals surface area contributed by atoms with E-state index in [1.54, 1.807) is 0 Å². The molecule has 122 valence electrons.